The Labute approximate surface area is 93.7 Å². The van der Waals surface area contributed by atoms with Crippen LogP contribution in [0.2, 0.25) is 0 Å². The summed E-state index contributed by atoms with van der Waals surface area (Å²) in [7, 11) is 1.87. The van der Waals surface area contributed by atoms with Crippen molar-refractivity contribution in [2.24, 2.45) is 7.05 Å². The molecule has 0 N–H and O–H groups in total. The summed E-state index contributed by atoms with van der Waals surface area (Å²) >= 11 is 0. The number of aromatic nitrogens is 4. The first kappa shape index (κ1) is 10.6. The maximum atomic E-state index is 11.4. The van der Waals surface area contributed by atoms with Crippen LogP contribution in [0.3, 0.4) is 0 Å². The first-order chi connectivity index (χ1) is 7.69. The van der Waals surface area contributed by atoms with Crippen LogP contribution in [0.15, 0.2) is 24.7 Å². The van der Waals surface area contributed by atoms with E-state index in [-0.39, 0.29) is 5.78 Å². The quantitative estimate of drug-likeness (QED) is 0.726. The van der Waals surface area contributed by atoms with E-state index in [1.807, 2.05) is 26.2 Å². The molecule has 84 valence electrons. The predicted octanol–water partition coefficient (Wildman–Crippen LogP) is 1.26. The standard InChI is InChI=1S/C11H14N4O/c1-3-11(16)9-6-12-15(7-9)8-10-4-5-14(2)13-10/h4-7H,3,8H2,1-2H3. The summed E-state index contributed by atoms with van der Waals surface area (Å²) in [6.45, 7) is 2.44. The fourth-order valence-corrected chi connectivity index (χ4v) is 1.51. The lowest BCUT2D eigenvalue weighted by Gasteiger charge is -1.96. The van der Waals surface area contributed by atoms with Gasteiger partial charge in [-0.25, -0.2) is 0 Å². The van der Waals surface area contributed by atoms with Crippen LogP contribution in [-0.2, 0) is 13.6 Å². The summed E-state index contributed by atoms with van der Waals surface area (Å²) in [5, 5.41) is 8.39. The molecule has 0 amide bonds. The van der Waals surface area contributed by atoms with Crippen LogP contribution in [0.25, 0.3) is 0 Å². The highest BCUT2D eigenvalue weighted by Gasteiger charge is 2.06. The number of Topliss-reactive ketones (excluding diaryl/α,β-unsaturated/α-hetero) is 1. The molecule has 2 aromatic heterocycles. The van der Waals surface area contributed by atoms with Crippen molar-refractivity contribution in [3.63, 3.8) is 0 Å². The van der Waals surface area contributed by atoms with E-state index in [0.29, 0.717) is 18.5 Å². The molecule has 0 unspecified atom stereocenters. The monoisotopic (exact) mass is 218 g/mol. The second kappa shape index (κ2) is 4.30. The molecular formula is C11H14N4O. The number of carbonyl (C=O) groups excluding carboxylic acids is 1. The van der Waals surface area contributed by atoms with Gasteiger partial charge in [-0.05, 0) is 6.07 Å². The van der Waals surface area contributed by atoms with Crippen LogP contribution in [0, 0.1) is 0 Å². The van der Waals surface area contributed by atoms with Crippen molar-refractivity contribution in [3.05, 3.63) is 35.9 Å². The third kappa shape index (κ3) is 2.18. The van der Waals surface area contributed by atoms with E-state index in [9.17, 15) is 4.79 Å². The van der Waals surface area contributed by atoms with Gasteiger partial charge in [0.05, 0.1) is 24.0 Å². The smallest absolute Gasteiger partial charge is 0.165 e. The lowest BCUT2D eigenvalue weighted by molar-refractivity contribution is 0.0988. The van der Waals surface area contributed by atoms with E-state index in [0.717, 1.165) is 5.69 Å². The molecule has 0 aliphatic carbocycles. The molecule has 0 radical (unpaired) electrons. The lowest BCUT2D eigenvalue weighted by atomic mass is 10.2. The van der Waals surface area contributed by atoms with Crippen molar-refractivity contribution < 1.29 is 4.79 Å². The van der Waals surface area contributed by atoms with Crippen LogP contribution in [-0.4, -0.2) is 25.3 Å². The molecule has 0 bridgehead atoms. The first-order valence-corrected chi connectivity index (χ1v) is 5.23. The Morgan fingerprint density at radius 1 is 1.50 bits per heavy atom. The van der Waals surface area contributed by atoms with E-state index < -0.39 is 0 Å². The number of carbonyl (C=O) groups is 1. The fourth-order valence-electron chi connectivity index (χ4n) is 1.51. The van der Waals surface area contributed by atoms with Gasteiger partial charge in [-0.3, -0.25) is 14.2 Å². The Balaban J connectivity index is 2.11. The zero-order valence-corrected chi connectivity index (χ0v) is 9.42. The molecule has 0 aromatic carbocycles. The number of rotatable bonds is 4. The van der Waals surface area contributed by atoms with Crippen LogP contribution in [0.5, 0.6) is 0 Å². The molecule has 0 aliphatic heterocycles. The van der Waals surface area contributed by atoms with E-state index >= 15 is 0 Å². The van der Waals surface area contributed by atoms with E-state index in [1.165, 1.54) is 0 Å². The van der Waals surface area contributed by atoms with E-state index in [1.54, 1.807) is 21.8 Å². The van der Waals surface area contributed by atoms with Gasteiger partial charge >= 0.3 is 0 Å². The van der Waals surface area contributed by atoms with E-state index in [2.05, 4.69) is 10.2 Å². The van der Waals surface area contributed by atoms with Gasteiger partial charge < -0.3 is 0 Å². The molecule has 0 atom stereocenters. The summed E-state index contributed by atoms with van der Waals surface area (Å²) in [5.41, 5.74) is 1.60. The fraction of sp³-hybridized carbons (Fsp3) is 0.364. The average Bonchev–Trinajstić information content (AvgIpc) is 2.87. The van der Waals surface area contributed by atoms with Gasteiger partial charge in [-0.15, -0.1) is 0 Å². The molecular weight excluding hydrogens is 204 g/mol. The van der Waals surface area contributed by atoms with Crippen LogP contribution in [0.1, 0.15) is 29.4 Å². The Kier molecular flexibility index (Phi) is 2.85. The van der Waals surface area contributed by atoms with Crippen LogP contribution in [0.4, 0.5) is 0 Å². The molecule has 2 heterocycles. The molecule has 2 rings (SSSR count). The molecule has 0 saturated carbocycles. The number of nitrogens with zero attached hydrogens (tertiary/aromatic N) is 4. The summed E-state index contributed by atoms with van der Waals surface area (Å²) < 4.78 is 3.47. The summed E-state index contributed by atoms with van der Waals surface area (Å²) in [5.74, 6) is 0.118. The van der Waals surface area contributed by atoms with Crippen molar-refractivity contribution in [1.29, 1.82) is 0 Å². The zero-order valence-electron chi connectivity index (χ0n) is 9.42. The van der Waals surface area contributed by atoms with Gasteiger partial charge in [0.25, 0.3) is 0 Å². The molecule has 16 heavy (non-hydrogen) atoms. The predicted molar refractivity (Wildman–Crippen MR) is 59.2 cm³/mol. The summed E-state index contributed by atoms with van der Waals surface area (Å²) in [4.78, 5) is 11.4. The van der Waals surface area contributed by atoms with Crippen LogP contribution >= 0.6 is 0 Å². The van der Waals surface area contributed by atoms with Crippen molar-refractivity contribution in [2.75, 3.05) is 0 Å². The maximum Gasteiger partial charge on any atom is 0.165 e. The largest absolute Gasteiger partial charge is 0.294 e. The minimum absolute atomic E-state index is 0.118. The zero-order chi connectivity index (χ0) is 11.5. The minimum atomic E-state index is 0.118. The number of aryl methyl sites for hydroxylation is 1. The normalized spacial score (nSPS) is 10.6. The first-order valence-electron chi connectivity index (χ1n) is 5.23. The third-order valence-electron chi connectivity index (χ3n) is 2.37. The van der Waals surface area contributed by atoms with Crippen molar-refractivity contribution in [1.82, 2.24) is 19.6 Å². The molecule has 5 heteroatoms. The molecule has 0 saturated heterocycles. The molecule has 0 spiro atoms. The summed E-state index contributed by atoms with van der Waals surface area (Å²) in [6, 6.07) is 1.93. The lowest BCUT2D eigenvalue weighted by Crippen LogP contribution is -2.02. The van der Waals surface area contributed by atoms with Gasteiger partial charge in [0.2, 0.25) is 0 Å². The van der Waals surface area contributed by atoms with Gasteiger partial charge in [0, 0.05) is 25.9 Å². The Hall–Kier alpha value is -1.91. The molecule has 2 aromatic rings. The highest BCUT2D eigenvalue weighted by atomic mass is 16.1. The number of ketones is 1. The van der Waals surface area contributed by atoms with Gasteiger partial charge in [-0.1, -0.05) is 6.92 Å². The SMILES string of the molecule is CCC(=O)c1cnn(Cc2ccn(C)n2)c1. The highest BCUT2D eigenvalue weighted by molar-refractivity contribution is 5.95. The number of hydrogen-bond acceptors (Lipinski definition) is 3. The van der Waals surface area contributed by atoms with Gasteiger partial charge in [0.1, 0.15) is 0 Å². The second-order valence-corrected chi connectivity index (χ2v) is 3.68. The summed E-state index contributed by atoms with van der Waals surface area (Å²) in [6.07, 6.45) is 5.77. The number of hydrogen-bond donors (Lipinski definition) is 0. The van der Waals surface area contributed by atoms with Gasteiger partial charge in [-0.2, -0.15) is 10.2 Å². The third-order valence-corrected chi connectivity index (χ3v) is 2.37. The van der Waals surface area contributed by atoms with Crippen LogP contribution < -0.4 is 0 Å². The molecule has 0 fully saturated rings. The Morgan fingerprint density at radius 2 is 2.31 bits per heavy atom. The van der Waals surface area contributed by atoms with E-state index in [4.69, 9.17) is 0 Å². The Morgan fingerprint density at radius 3 is 2.94 bits per heavy atom. The van der Waals surface area contributed by atoms with Crippen molar-refractivity contribution in [2.45, 2.75) is 19.9 Å². The molecule has 5 nitrogen and oxygen atoms in total. The molecule has 0 aliphatic rings. The van der Waals surface area contributed by atoms with Crippen molar-refractivity contribution >= 4 is 5.78 Å². The van der Waals surface area contributed by atoms with Crippen molar-refractivity contribution in [3.8, 4) is 0 Å². The second-order valence-electron chi connectivity index (χ2n) is 3.68. The van der Waals surface area contributed by atoms with Gasteiger partial charge in [0.15, 0.2) is 5.78 Å². The average molecular weight is 218 g/mol. The highest BCUT2D eigenvalue weighted by Crippen LogP contribution is 2.04. The Bertz CT molecular complexity index is 498. The topological polar surface area (TPSA) is 52.7 Å². The minimum Gasteiger partial charge on any atom is -0.294 e. The maximum absolute atomic E-state index is 11.4.